The van der Waals surface area contributed by atoms with Crippen LogP contribution in [0.2, 0.25) is 0 Å². The molecule has 29 heavy (non-hydrogen) atoms. The lowest BCUT2D eigenvalue weighted by Gasteiger charge is -2.12. The van der Waals surface area contributed by atoms with Gasteiger partial charge < -0.3 is 9.84 Å². The maximum atomic E-state index is 13.1. The first-order valence-corrected chi connectivity index (χ1v) is 9.49. The highest BCUT2D eigenvalue weighted by atomic mass is 32.1. The van der Waals surface area contributed by atoms with Crippen LogP contribution in [0.25, 0.3) is 10.2 Å². The summed E-state index contributed by atoms with van der Waals surface area (Å²) in [6, 6.07) is 8.70. The number of anilines is 1. The fraction of sp³-hybridized carbons (Fsp3) is 0.158. The third kappa shape index (κ3) is 3.74. The predicted molar refractivity (Wildman–Crippen MR) is 106 cm³/mol. The SMILES string of the molecule is Cc1cc(NC(=O)Cn2c(=O)n(Cc3ccc(F)cc3)c(=O)c3sccc32)no1. The molecule has 0 spiro atoms. The van der Waals surface area contributed by atoms with Crippen molar-refractivity contribution in [2.24, 2.45) is 0 Å². The highest BCUT2D eigenvalue weighted by Gasteiger charge is 2.17. The molecule has 0 unspecified atom stereocenters. The van der Waals surface area contributed by atoms with Crippen LogP contribution in [-0.4, -0.2) is 20.2 Å². The molecule has 10 heteroatoms. The number of fused-ring (bicyclic) bond motifs is 1. The van der Waals surface area contributed by atoms with Crippen molar-refractivity contribution in [3.8, 4) is 0 Å². The first-order valence-electron chi connectivity index (χ1n) is 8.61. The van der Waals surface area contributed by atoms with Gasteiger partial charge in [-0.15, -0.1) is 11.3 Å². The molecule has 1 aromatic carbocycles. The molecule has 0 fully saturated rings. The van der Waals surface area contributed by atoms with Gasteiger partial charge in [0.05, 0.1) is 12.1 Å². The van der Waals surface area contributed by atoms with E-state index in [1.807, 2.05) is 0 Å². The zero-order valence-corrected chi connectivity index (χ0v) is 16.0. The van der Waals surface area contributed by atoms with Gasteiger partial charge in [-0.05, 0) is 36.1 Å². The maximum absolute atomic E-state index is 13.1. The van der Waals surface area contributed by atoms with Gasteiger partial charge in [-0.25, -0.2) is 9.18 Å². The van der Waals surface area contributed by atoms with Gasteiger partial charge in [0.25, 0.3) is 5.56 Å². The average Bonchev–Trinajstić information content (AvgIpc) is 3.33. The molecule has 0 radical (unpaired) electrons. The zero-order chi connectivity index (χ0) is 20.5. The van der Waals surface area contributed by atoms with Crippen molar-refractivity contribution in [3.63, 3.8) is 0 Å². The van der Waals surface area contributed by atoms with Crippen molar-refractivity contribution in [1.82, 2.24) is 14.3 Å². The number of benzene rings is 1. The molecule has 1 amide bonds. The van der Waals surface area contributed by atoms with E-state index < -0.39 is 23.0 Å². The molecular formula is C19H15FN4O4S. The van der Waals surface area contributed by atoms with Crippen LogP contribution in [0.15, 0.2) is 55.9 Å². The van der Waals surface area contributed by atoms with E-state index in [-0.39, 0.29) is 18.9 Å². The number of nitrogens with zero attached hydrogens (tertiary/aromatic N) is 3. The molecule has 4 rings (SSSR count). The minimum absolute atomic E-state index is 0.0319. The summed E-state index contributed by atoms with van der Waals surface area (Å²) in [7, 11) is 0. The molecule has 0 aliphatic carbocycles. The van der Waals surface area contributed by atoms with Crippen LogP contribution in [-0.2, 0) is 17.9 Å². The Labute approximate surface area is 166 Å². The Morgan fingerprint density at radius 1 is 1.21 bits per heavy atom. The number of carbonyl (C=O) groups is 1. The summed E-state index contributed by atoms with van der Waals surface area (Å²) in [5.74, 6) is -0.126. The molecule has 0 saturated heterocycles. The number of hydrogen-bond acceptors (Lipinski definition) is 6. The van der Waals surface area contributed by atoms with Crippen molar-refractivity contribution in [3.05, 3.63) is 79.8 Å². The predicted octanol–water partition coefficient (Wildman–Crippen LogP) is 2.35. The summed E-state index contributed by atoms with van der Waals surface area (Å²) in [6.45, 7) is 1.35. The average molecular weight is 414 g/mol. The van der Waals surface area contributed by atoms with Crippen molar-refractivity contribution in [1.29, 1.82) is 0 Å². The van der Waals surface area contributed by atoms with Crippen molar-refractivity contribution >= 4 is 33.3 Å². The van der Waals surface area contributed by atoms with Gasteiger partial charge in [-0.2, -0.15) is 0 Å². The second kappa shape index (κ2) is 7.47. The molecule has 0 aliphatic heterocycles. The van der Waals surface area contributed by atoms with E-state index >= 15 is 0 Å². The second-order valence-electron chi connectivity index (χ2n) is 6.39. The Morgan fingerprint density at radius 2 is 1.97 bits per heavy atom. The third-order valence-corrected chi connectivity index (χ3v) is 5.18. The lowest BCUT2D eigenvalue weighted by molar-refractivity contribution is -0.116. The van der Waals surface area contributed by atoms with E-state index in [2.05, 4.69) is 10.5 Å². The Kier molecular flexibility index (Phi) is 4.85. The Balaban J connectivity index is 1.72. The molecule has 0 aliphatic rings. The van der Waals surface area contributed by atoms with Gasteiger partial charge in [0.2, 0.25) is 5.91 Å². The quantitative estimate of drug-likeness (QED) is 0.540. The fourth-order valence-corrected chi connectivity index (χ4v) is 3.79. The smallest absolute Gasteiger partial charge is 0.332 e. The lowest BCUT2D eigenvalue weighted by atomic mass is 10.2. The number of rotatable bonds is 5. The largest absolute Gasteiger partial charge is 0.360 e. The molecule has 148 valence electrons. The van der Waals surface area contributed by atoms with E-state index in [1.54, 1.807) is 24.4 Å². The molecule has 4 aromatic rings. The van der Waals surface area contributed by atoms with Crippen LogP contribution in [0.4, 0.5) is 10.2 Å². The van der Waals surface area contributed by atoms with Gasteiger partial charge in [0.15, 0.2) is 5.82 Å². The van der Waals surface area contributed by atoms with Gasteiger partial charge >= 0.3 is 5.69 Å². The van der Waals surface area contributed by atoms with E-state index in [4.69, 9.17) is 4.52 Å². The summed E-state index contributed by atoms with van der Waals surface area (Å²) < 4.78 is 20.7. The minimum Gasteiger partial charge on any atom is -0.360 e. The zero-order valence-electron chi connectivity index (χ0n) is 15.2. The monoisotopic (exact) mass is 414 g/mol. The van der Waals surface area contributed by atoms with Crippen LogP contribution in [0.5, 0.6) is 0 Å². The van der Waals surface area contributed by atoms with Crippen molar-refractivity contribution in [2.45, 2.75) is 20.0 Å². The number of nitrogens with one attached hydrogen (secondary N) is 1. The van der Waals surface area contributed by atoms with Crippen LogP contribution >= 0.6 is 11.3 Å². The number of carbonyl (C=O) groups excluding carboxylic acids is 1. The van der Waals surface area contributed by atoms with Gasteiger partial charge in [0, 0.05) is 6.07 Å². The molecule has 0 atom stereocenters. The highest BCUT2D eigenvalue weighted by Crippen LogP contribution is 2.16. The fourth-order valence-electron chi connectivity index (χ4n) is 2.95. The molecule has 0 bridgehead atoms. The number of thiophene rings is 1. The van der Waals surface area contributed by atoms with Crippen molar-refractivity contribution in [2.75, 3.05) is 5.32 Å². The number of amides is 1. The number of aryl methyl sites for hydroxylation is 1. The standard InChI is InChI=1S/C19H15FN4O4S/c1-11-8-15(22-28-11)21-16(25)10-23-14-6-7-29-17(14)18(26)24(19(23)27)9-12-2-4-13(20)5-3-12/h2-8H,9-10H2,1H3,(H,21,22,25). The maximum Gasteiger partial charge on any atom is 0.332 e. The summed E-state index contributed by atoms with van der Waals surface area (Å²) in [5.41, 5.74) is -0.104. The molecule has 0 saturated carbocycles. The molecule has 1 N–H and O–H groups in total. The van der Waals surface area contributed by atoms with E-state index in [1.165, 1.54) is 40.2 Å². The lowest BCUT2D eigenvalue weighted by Crippen LogP contribution is -2.41. The van der Waals surface area contributed by atoms with Crippen LogP contribution < -0.4 is 16.6 Å². The van der Waals surface area contributed by atoms with Crippen LogP contribution in [0.3, 0.4) is 0 Å². The molecule has 8 nitrogen and oxygen atoms in total. The summed E-state index contributed by atoms with van der Waals surface area (Å²) in [5, 5.41) is 7.93. The van der Waals surface area contributed by atoms with Crippen molar-refractivity contribution < 1.29 is 13.7 Å². The normalized spacial score (nSPS) is 11.1. The molecular weight excluding hydrogens is 399 g/mol. The van der Waals surface area contributed by atoms with Gasteiger partial charge in [0.1, 0.15) is 22.8 Å². The summed E-state index contributed by atoms with van der Waals surface area (Å²) in [6.07, 6.45) is 0. The first-order chi connectivity index (χ1) is 13.9. The van der Waals surface area contributed by atoms with Gasteiger partial charge in [-0.3, -0.25) is 18.7 Å². The summed E-state index contributed by atoms with van der Waals surface area (Å²) >= 11 is 1.19. The molecule has 3 aromatic heterocycles. The first kappa shape index (κ1) is 18.8. The van der Waals surface area contributed by atoms with Gasteiger partial charge in [-0.1, -0.05) is 17.3 Å². The summed E-state index contributed by atoms with van der Waals surface area (Å²) in [4.78, 5) is 38.2. The van der Waals surface area contributed by atoms with E-state index in [0.717, 1.165) is 4.57 Å². The van der Waals surface area contributed by atoms with Crippen LogP contribution in [0, 0.1) is 12.7 Å². The number of aromatic nitrogens is 3. The topological polar surface area (TPSA) is 99.1 Å². The van der Waals surface area contributed by atoms with E-state index in [9.17, 15) is 18.8 Å². The Bertz CT molecular complexity index is 1320. The molecule has 3 heterocycles. The third-order valence-electron chi connectivity index (χ3n) is 4.29. The highest BCUT2D eigenvalue weighted by molar-refractivity contribution is 7.17. The Morgan fingerprint density at radius 3 is 2.66 bits per heavy atom. The van der Waals surface area contributed by atoms with E-state index in [0.29, 0.717) is 21.5 Å². The minimum atomic E-state index is -0.628. The Hall–Kier alpha value is -3.53. The number of hydrogen-bond donors (Lipinski definition) is 1. The number of halogens is 1. The van der Waals surface area contributed by atoms with Crippen LogP contribution in [0.1, 0.15) is 11.3 Å². The second-order valence-corrected chi connectivity index (χ2v) is 7.31.